The second-order valence-corrected chi connectivity index (χ2v) is 7.97. The molecule has 160 valence electrons. The van der Waals surface area contributed by atoms with Crippen LogP contribution in [0.25, 0.3) is 27.9 Å². The highest BCUT2D eigenvalue weighted by Gasteiger charge is 2.26. The summed E-state index contributed by atoms with van der Waals surface area (Å²) in [6, 6.07) is 13.7. The van der Waals surface area contributed by atoms with Gasteiger partial charge in [0.1, 0.15) is 16.9 Å². The van der Waals surface area contributed by atoms with Gasteiger partial charge in [0.15, 0.2) is 5.65 Å². The number of carbonyl (C=O) groups is 1. The Morgan fingerprint density at radius 1 is 1.03 bits per heavy atom. The van der Waals surface area contributed by atoms with Crippen LogP contribution in [0.4, 0.5) is 5.82 Å². The highest BCUT2D eigenvalue weighted by molar-refractivity contribution is 6.09. The number of unbranched alkanes of at least 4 members (excludes halogenated alkanes) is 3. The molecule has 6 heteroatoms. The number of ether oxygens (including phenoxy) is 1. The molecule has 4 rings (SSSR count). The van der Waals surface area contributed by atoms with Crippen molar-refractivity contribution in [3.8, 4) is 5.69 Å². The molecule has 0 spiro atoms. The van der Waals surface area contributed by atoms with Gasteiger partial charge in [0.05, 0.1) is 23.3 Å². The monoisotopic (exact) mass is 416 g/mol. The molecule has 2 aromatic heterocycles. The smallest absolute Gasteiger partial charge is 0.344 e. The number of aryl methyl sites for hydroxylation is 2. The van der Waals surface area contributed by atoms with Gasteiger partial charge < -0.3 is 10.5 Å². The van der Waals surface area contributed by atoms with E-state index in [1.807, 2.05) is 60.9 Å². The molecule has 31 heavy (non-hydrogen) atoms. The molecule has 2 N–H and O–H groups in total. The predicted octanol–water partition coefficient (Wildman–Crippen LogP) is 5.51. The van der Waals surface area contributed by atoms with Crippen LogP contribution < -0.4 is 5.73 Å². The van der Waals surface area contributed by atoms with Crippen molar-refractivity contribution >= 4 is 34.0 Å². The molecule has 6 nitrogen and oxygen atoms in total. The summed E-state index contributed by atoms with van der Waals surface area (Å²) in [5.74, 6) is -0.148. The lowest BCUT2D eigenvalue weighted by Gasteiger charge is -2.12. The van der Waals surface area contributed by atoms with Crippen LogP contribution in [-0.4, -0.2) is 27.1 Å². The summed E-state index contributed by atoms with van der Waals surface area (Å²) < 4.78 is 7.40. The average molecular weight is 417 g/mol. The lowest BCUT2D eigenvalue weighted by atomic mass is 10.1. The first-order valence-corrected chi connectivity index (χ1v) is 10.8. The van der Waals surface area contributed by atoms with Gasteiger partial charge in [-0.05, 0) is 49.6 Å². The number of anilines is 1. The summed E-state index contributed by atoms with van der Waals surface area (Å²) >= 11 is 0. The Bertz CT molecular complexity index is 1260. The van der Waals surface area contributed by atoms with Gasteiger partial charge in [-0.2, -0.15) is 0 Å². The number of para-hydroxylation sites is 2. The molecule has 0 unspecified atom stereocenters. The molecule has 0 aliphatic heterocycles. The largest absolute Gasteiger partial charge is 0.462 e. The Hall–Kier alpha value is -3.41. The van der Waals surface area contributed by atoms with Crippen molar-refractivity contribution < 1.29 is 9.53 Å². The Kier molecular flexibility index (Phi) is 5.89. The van der Waals surface area contributed by atoms with E-state index in [9.17, 15) is 4.79 Å². The van der Waals surface area contributed by atoms with Gasteiger partial charge in [-0.25, -0.2) is 14.8 Å². The van der Waals surface area contributed by atoms with Gasteiger partial charge in [0.2, 0.25) is 0 Å². The SMILES string of the molecule is CCCCCCOC(=O)c1c(N)n(-c2cc(C)ccc2C)c2nc3ccccc3nc12. The molecule has 0 fully saturated rings. The minimum Gasteiger partial charge on any atom is -0.462 e. The van der Waals surface area contributed by atoms with Crippen molar-refractivity contribution in [2.45, 2.75) is 46.5 Å². The van der Waals surface area contributed by atoms with E-state index < -0.39 is 5.97 Å². The number of esters is 1. The molecule has 0 amide bonds. The second-order valence-electron chi connectivity index (χ2n) is 7.97. The van der Waals surface area contributed by atoms with E-state index in [1.54, 1.807) is 0 Å². The highest BCUT2D eigenvalue weighted by atomic mass is 16.5. The number of aromatic nitrogens is 3. The third-order valence-corrected chi connectivity index (χ3v) is 5.54. The quantitative estimate of drug-likeness (QED) is 0.317. The van der Waals surface area contributed by atoms with Crippen molar-refractivity contribution in [1.29, 1.82) is 0 Å². The molecular weight excluding hydrogens is 388 g/mol. The summed E-state index contributed by atoms with van der Waals surface area (Å²) in [7, 11) is 0. The van der Waals surface area contributed by atoms with Crippen LogP contribution in [0.1, 0.15) is 54.1 Å². The molecule has 0 atom stereocenters. The van der Waals surface area contributed by atoms with E-state index in [2.05, 4.69) is 6.92 Å². The third-order valence-electron chi connectivity index (χ3n) is 5.54. The number of fused-ring (bicyclic) bond motifs is 2. The second kappa shape index (κ2) is 8.76. The van der Waals surface area contributed by atoms with Crippen molar-refractivity contribution in [1.82, 2.24) is 14.5 Å². The number of hydrogen-bond acceptors (Lipinski definition) is 5. The van der Waals surface area contributed by atoms with E-state index in [1.165, 1.54) is 0 Å². The van der Waals surface area contributed by atoms with E-state index in [0.717, 1.165) is 48.0 Å². The minimum absolute atomic E-state index is 0.282. The van der Waals surface area contributed by atoms with Crippen LogP contribution in [0.15, 0.2) is 42.5 Å². The van der Waals surface area contributed by atoms with Crippen molar-refractivity contribution in [3.63, 3.8) is 0 Å². The Morgan fingerprint density at radius 3 is 2.52 bits per heavy atom. The first-order valence-electron chi connectivity index (χ1n) is 10.8. The number of nitrogens with zero attached hydrogens (tertiary/aromatic N) is 3. The Balaban J connectivity index is 1.87. The van der Waals surface area contributed by atoms with Gasteiger partial charge in [-0.3, -0.25) is 4.57 Å². The first-order chi connectivity index (χ1) is 15.0. The van der Waals surface area contributed by atoms with Crippen LogP contribution in [0, 0.1) is 13.8 Å². The zero-order valence-electron chi connectivity index (χ0n) is 18.3. The lowest BCUT2D eigenvalue weighted by Crippen LogP contribution is -2.10. The van der Waals surface area contributed by atoms with Crippen molar-refractivity contribution in [2.24, 2.45) is 0 Å². The summed E-state index contributed by atoms with van der Waals surface area (Å²) in [5.41, 5.74) is 12.3. The van der Waals surface area contributed by atoms with E-state index >= 15 is 0 Å². The Labute approximate surface area is 182 Å². The standard InChI is InChI=1S/C25H28N4O2/c1-4-5-6-9-14-31-25(30)21-22-24(28-19-11-8-7-10-18(19)27-22)29(23(21)26)20-15-16(2)12-13-17(20)3/h7-8,10-13,15H,4-6,9,14,26H2,1-3H3. The van der Waals surface area contributed by atoms with Crippen LogP contribution in [0.5, 0.6) is 0 Å². The Morgan fingerprint density at radius 2 is 1.77 bits per heavy atom. The maximum absolute atomic E-state index is 13.1. The normalized spacial score (nSPS) is 11.3. The molecule has 0 aliphatic carbocycles. The van der Waals surface area contributed by atoms with Crippen molar-refractivity contribution in [3.05, 3.63) is 59.2 Å². The third kappa shape index (κ3) is 3.98. The summed E-state index contributed by atoms with van der Waals surface area (Å²) in [6.07, 6.45) is 4.13. The fourth-order valence-electron chi connectivity index (χ4n) is 3.83. The zero-order valence-corrected chi connectivity index (χ0v) is 18.3. The fraction of sp³-hybridized carbons (Fsp3) is 0.320. The molecule has 0 aliphatic rings. The zero-order chi connectivity index (χ0) is 22.0. The predicted molar refractivity (Wildman–Crippen MR) is 125 cm³/mol. The molecular formula is C25H28N4O2. The molecule has 0 saturated carbocycles. The summed E-state index contributed by atoms with van der Waals surface area (Å²) in [6.45, 7) is 6.56. The van der Waals surface area contributed by atoms with Crippen LogP contribution in [-0.2, 0) is 4.74 Å². The van der Waals surface area contributed by atoms with E-state index in [4.69, 9.17) is 20.4 Å². The molecule has 2 heterocycles. The number of nitrogens with two attached hydrogens (primary N) is 1. The minimum atomic E-state index is -0.451. The molecule has 0 radical (unpaired) electrons. The van der Waals surface area contributed by atoms with Gasteiger partial charge in [-0.1, -0.05) is 50.5 Å². The van der Waals surface area contributed by atoms with Gasteiger partial charge >= 0.3 is 5.97 Å². The highest BCUT2D eigenvalue weighted by Crippen LogP contribution is 2.33. The lowest BCUT2D eigenvalue weighted by molar-refractivity contribution is 0.0501. The fourth-order valence-corrected chi connectivity index (χ4v) is 3.83. The van der Waals surface area contributed by atoms with E-state index in [0.29, 0.717) is 29.1 Å². The number of carbonyl (C=O) groups excluding carboxylic acids is 1. The van der Waals surface area contributed by atoms with Crippen LogP contribution in [0.3, 0.4) is 0 Å². The maximum Gasteiger partial charge on any atom is 0.344 e. The van der Waals surface area contributed by atoms with Crippen LogP contribution in [0.2, 0.25) is 0 Å². The number of hydrogen-bond donors (Lipinski definition) is 1. The molecule has 0 bridgehead atoms. The van der Waals surface area contributed by atoms with Crippen molar-refractivity contribution in [2.75, 3.05) is 12.3 Å². The average Bonchev–Trinajstić information content (AvgIpc) is 3.04. The summed E-state index contributed by atoms with van der Waals surface area (Å²) in [4.78, 5) is 22.6. The number of nitrogen functional groups attached to an aromatic ring is 1. The molecule has 0 saturated heterocycles. The molecule has 2 aromatic carbocycles. The van der Waals surface area contributed by atoms with Gasteiger partial charge in [0.25, 0.3) is 0 Å². The van der Waals surface area contributed by atoms with E-state index in [-0.39, 0.29) is 5.56 Å². The van der Waals surface area contributed by atoms with Gasteiger partial charge in [0, 0.05) is 0 Å². The number of rotatable bonds is 7. The topological polar surface area (TPSA) is 83.0 Å². The maximum atomic E-state index is 13.1. The van der Waals surface area contributed by atoms with Crippen LogP contribution >= 0.6 is 0 Å². The molecule has 4 aromatic rings. The van der Waals surface area contributed by atoms with Gasteiger partial charge in [-0.15, -0.1) is 0 Å². The first kappa shape index (κ1) is 20.8. The summed E-state index contributed by atoms with van der Waals surface area (Å²) in [5, 5.41) is 0. The number of benzene rings is 2.